The standard InChI is InChI=1S/C21H25N3O2S3/c25-29(26,16-6-15-27-21-22-19-7-2-3-8-20(19)28-21)23-17-9-11-18(12-10-17)24-13-4-1-5-14-24/h2-3,7-12,23H,1,4-6,13-16H2. The predicted molar refractivity (Wildman–Crippen MR) is 125 cm³/mol. The van der Waals surface area contributed by atoms with E-state index in [2.05, 4.69) is 20.7 Å². The topological polar surface area (TPSA) is 62.3 Å². The van der Waals surface area contributed by atoms with Crippen molar-refractivity contribution < 1.29 is 8.42 Å². The van der Waals surface area contributed by atoms with Gasteiger partial charge in [0.25, 0.3) is 0 Å². The number of hydrogen-bond acceptors (Lipinski definition) is 6. The lowest BCUT2D eigenvalue weighted by molar-refractivity contribution is 0.578. The van der Waals surface area contributed by atoms with Crippen LogP contribution in [0.5, 0.6) is 0 Å². The average Bonchev–Trinajstić information content (AvgIpc) is 3.15. The molecule has 0 radical (unpaired) electrons. The maximum atomic E-state index is 12.4. The van der Waals surface area contributed by atoms with Gasteiger partial charge in [-0.25, -0.2) is 13.4 Å². The Morgan fingerprint density at radius 2 is 1.79 bits per heavy atom. The number of rotatable bonds is 8. The summed E-state index contributed by atoms with van der Waals surface area (Å²) in [4.78, 5) is 6.94. The molecular weight excluding hydrogens is 422 g/mol. The van der Waals surface area contributed by atoms with Crippen molar-refractivity contribution in [2.45, 2.75) is 30.0 Å². The molecule has 5 nitrogen and oxygen atoms in total. The minimum absolute atomic E-state index is 0.110. The molecule has 1 N–H and O–H groups in total. The second-order valence-electron chi connectivity index (χ2n) is 7.17. The molecule has 0 unspecified atom stereocenters. The molecule has 2 aromatic carbocycles. The van der Waals surface area contributed by atoms with Gasteiger partial charge in [0.1, 0.15) is 0 Å². The van der Waals surface area contributed by atoms with E-state index >= 15 is 0 Å². The number of nitrogens with one attached hydrogen (secondary N) is 1. The maximum Gasteiger partial charge on any atom is 0.232 e. The highest BCUT2D eigenvalue weighted by Gasteiger charge is 2.13. The minimum atomic E-state index is -3.35. The lowest BCUT2D eigenvalue weighted by Gasteiger charge is -2.28. The number of piperidine rings is 1. The summed E-state index contributed by atoms with van der Waals surface area (Å²) in [6, 6.07) is 15.8. The summed E-state index contributed by atoms with van der Waals surface area (Å²) in [6.45, 7) is 2.16. The molecule has 29 heavy (non-hydrogen) atoms. The molecule has 8 heteroatoms. The zero-order valence-corrected chi connectivity index (χ0v) is 18.7. The highest BCUT2D eigenvalue weighted by Crippen LogP contribution is 2.29. The van der Waals surface area contributed by atoms with Gasteiger partial charge in [0.15, 0.2) is 4.34 Å². The molecule has 1 saturated heterocycles. The number of thiazole rings is 1. The largest absolute Gasteiger partial charge is 0.372 e. The summed E-state index contributed by atoms with van der Waals surface area (Å²) >= 11 is 3.27. The van der Waals surface area contributed by atoms with Gasteiger partial charge >= 0.3 is 0 Å². The molecule has 1 aromatic heterocycles. The number of anilines is 2. The van der Waals surface area contributed by atoms with Gasteiger partial charge in [-0.05, 0) is 62.1 Å². The Morgan fingerprint density at radius 3 is 2.55 bits per heavy atom. The summed E-state index contributed by atoms with van der Waals surface area (Å²) < 4.78 is 29.6. The first-order valence-electron chi connectivity index (χ1n) is 9.93. The van der Waals surface area contributed by atoms with E-state index in [1.165, 1.54) is 24.9 Å². The van der Waals surface area contributed by atoms with Crippen LogP contribution in [0.15, 0.2) is 52.9 Å². The van der Waals surface area contributed by atoms with Crippen LogP contribution in [0.3, 0.4) is 0 Å². The highest BCUT2D eigenvalue weighted by atomic mass is 32.2. The zero-order valence-electron chi connectivity index (χ0n) is 16.2. The van der Waals surface area contributed by atoms with Crippen molar-refractivity contribution >= 4 is 54.7 Å². The molecule has 1 aliphatic rings. The monoisotopic (exact) mass is 447 g/mol. The van der Waals surface area contributed by atoms with Gasteiger partial charge in [-0.1, -0.05) is 23.9 Å². The number of fused-ring (bicyclic) bond motifs is 1. The molecule has 0 amide bonds. The van der Waals surface area contributed by atoms with Crippen molar-refractivity contribution in [3.8, 4) is 0 Å². The van der Waals surface area contributed by atoms with E-state index in [1.807, 2.05) is 42.5 Å². The molecule has 1 aliphatic heterocycles. The third-order valence-electron chi connectivity index (χ3n) is 4.92. The van der Waals surface area contributed by atoms with E-state index in [9.17, 15) is 8.42 Å². The van der Waals surface area contributed by atoms with Crippen LogP contribution in [0.2, 0.25) is 0 Å². The second kappa shape index (κ2) is 9.36. The van der Waals surface area contributed by atoms with Gasteiger partial charge in [-0.15, -0.1) is 11.3 Å². The van der Waals surface area contributed by atoms with Crippen LogP contribution in [0.1, 0.15) is 25.7 Å². The Balaban J connectivity index is 1.25. The Bertz CT molecular complexity index is 1010. The molecule has 154 valence electrons. The lowest BCUT2D eigenvalue weighted by atomic mass is 10.1. The summed E-state index contributed by atoms with van der Waals surface area (Å²) in [5.74, 6) is 0.841. The molecule has 0 bridgehead atoms. The molecule has 2 heterocycles. The first kappa shape index (κ1) is 20.5. The Kier molecular flexibility index (Phi) is 6.62. The van der Waals surface area contributed by atoms with Gasteiger partial charge in [-0.2, -0.15) is 0 Å². The minimum Gasteiger partial charge on any atom is -0.372 e. The van der Waals surface area contributed by atoms with Crippen LogP contribution in [0, 0.1) is 0 Å². The summed E-state index contributed by atoms with van der Waals surface area (Å²) in [7, 11) is -3.35. The second-order valence-corrected chi connectivity index (χ2v) is 11.4. The van der Waals surface area contributed by atoms with Crippen LogP contribution in [0.4, 0.5) is 11.4 Å². The number of para-hydroxylation sites is 1. The maximum absolute atomic E-state index is 12.4. The smallest absolute Gasteiger partial charge is 0.232 e. The van der Waals surface area contributed by atoms with Crippen molar-refractivity contribution in [3.63, 3.8) is 0 Å². The zero-order chi connectivity index (χ0) is 20.1. The van der Waals surface area contributed by atoms with E-state index in [4.69, 9.17) is 0 Å². The molecule has 1 fully saturated rings. The summed E-state index contributed by atoms with van der Waals surface area (Å²) in [6.07, 6.45) is 4.33. The molecular formula is C21H25N3O2S3. The number of aromatic nitrogens is 1. The van der Waals surface area contributed by atoms with Crippen molar-refractivity contribution in [1.82, 2.24) is 4.98 Å². The predicted octanol–water partition coefficient (Wildman–Crippen LogP) is 5.21. The number of nitrogens with zero attached hydrogens (tertiary/aromatic N) is 2. The fraction of sp³-hybridized carbons (Fsp3) is 0.381. The average molecular weight is 448 g/mol. The number of hydrogen-bond donors (Lipinski definition) is 1. The molecule has 4 rings (SSSR count). The molecule has 0 atom stereocenters. The third kappa shape index (κ3) is 5.65. The molecule has 3 aromatic rings. The lowest BCUT2D eigenvalue weighted by Crippen LogP contribution is -2.29. The normalized spacial score (nSPS) is 15.0. The van der Waals surface area contributed by atoms with Gasteiger partial charge in [0.05, 0.1) is 16.0 Å². The van der Waals surface area contributed by atoms with Gasteiger partial charge < -0.3 is 4.90 Å². The van der Waals surface area contributed by atoms with Gasteiger partial charge in [0.2, 0.25) is 10.0 Å². The van der Waals surface area contributed by atoms with E-state index in [0.717, 1.165) is 33.4 Å². The first-order valence-corrected chi connectivity index (χ1v) is 13.4. The van der Waals surface area contributed by atoms with Crippen molar-refractivity contribution in [1.29, 1.82) is 0 Å². The number of thioether (sulfide) groups is 1. The fourth-order valence-electron chi connectivity index (χ4n) is 3.44. The number of sulfonamides is 1. The van der Waals surface area contributed by atoms with Crippen LogP contribution >= 0.6 is 23.1 Å². The first-order chi connectivity index (χ1) is 14.1. The van der Waals surface area contributed by atoms with Gasteiger partial charge in [-0.3, -0.25) is 4.72 Å². The Morgan fingerprint density at radius 1 is 1.03 bits per heavy atom. The van der Waals surface area contributed by atoms with Crippen molar-refractivity contribution in [3.05, 3.63) is 48.5 Å². The van der Waals surface area contributed by atoms with Crippen molar-refractivity contribution in [2.24, 2.45) is 0 Å². The Labute approximate surface area is 180 Å². The van der Waals surface area contributed by atoms with Gasteiger partial charge in [0, 0.05) is 30.2 Å². The van der Waals surface area contributed by atoms with E-state index in [1.54, 1.807) is 23.1 Å². The Hall–Kier alpha value is -1.77. The molecule has 0 aliphatic carbocycles. The molecule has 0 spiro atoms. The van der Waals surface area contributed by atoms with Crippen LogP contribution < -0.4 is 9.62 Å². The fourth-order valence-corrected chi connectivity index (χ4v) is 6.83. The van der Waals surface area contributed by atoms with Crippen molar-refractivity contribution in [2.75, 3.05) is 34.2 Å². The summed E-state index contributed by atoms with van der Waals surface area (Å²) in [5.41, 5.74) is 2.80. The SMILES string of the molecule is O=S(=O)(CCCSc1nc2ccccc2s1)Nc1ccc(N2CCCCC2)cc1. The van der Waals surface area contributed by atoms with E-state index in [-0.39, 0.29) is 5.75 Å². The van der Waals surface area contributed by atoms with Crippen LogP contribution in [-0.4, -0.2) is 38.0 Å². The van der Waals surface area contributed by atoms with Crippen LogP contribution in [-0.2, 0) is 10.0 Å². The number of benzene rings is 2. The highest BCUT2D eigenvalue weighted by molar-refractivity contribution is 8.01. The van der Waals surface area contributed by atoms with Crippen LogP contribution in [0.25, 0.3) is 10.2 Å². The third-order valence-corrected chi connectivity index (χ3v) is 8.56. The summed E-state index contributed by atoms with van der Waals surface area (Å²) in [5, 5.41) is 0. The van der Waals surface area contributed by atoms with E-state index in [0.29, 0.717) is 12.1 Å². The quantitative estimate of drug-likeness (QED) is 0.379. The van der Waals surface area contributed by atoms with E-state index < -0.39 is 10.0 Å². The molecule has 0 saturated carbocycles.